The summed E-state index contributed by atoms with van der Waals surface area (Å²) in [5.74, 6) is 0.816. The summed E-state index contributed by atoms with van der Waals surface area (Å²) in [5.41, 5.74) is 0.728. The van der Waals surface area contributed by atoms with Gasteiger partial charge in [0.1, 0.15) is 0 Å². The third-order valence-corrected chi connectivity index (χ3v) is 2.92. The zero-order valence-electron chi connectivity index (χ0n) is 10.7. The van der Waals surface area contributed by atoms with E-state index in [2.05, 4.69) is 18.7 Å². The summed E-state index contributed by atoms with van der Waals surface area (Å²) in [6.07, 6.45) is 1.12. The van der Waals surface area contributed by atoms with Crippen LogP contribution in [-0.2, 0) is 0 Å². The average Bonchev–Trinajstić information content (AvgIpc) is 2.27. The van der Waals surface area contributed by atoms with Gasteiger partial charge in [0.2, 0.25) is 0 Å². The molecule has 0 amide bonds. The number of Topliss-reactive ketones (excluding diaryl/α,β-unsaturated/α-hetero) is 1. The van der Waals surface area contributed by atoms with Crippen molar-refractivity contribution in [3.63, 3.8) is 0 Å². The molecular formula is C14H20ClNO. The zero-order valence-corrected chi connectivity index (χ0v) is 11.5. The molecule has 0 radical (unpaired) electrons. The minimum atomic E-state index is 0.146. The van der Waals surface area contributed by atoms with Gasteiger partial charge in [0.25, 0.3) is 0 Å². The largest absolute Gasteiger partial charge is 0.299 e. The van der Waals surface area contributed by atoms with Gasteiger partial charge in [-0.15, -0.1) is 0 Å². The minimum absolute atomic E-state index is 0.146. The van der Waals surface area contributed by atoms with Crippen LogP contribution in [0.3, 0.4) is 0 Å². The van der Waals surface area contributed by atoms with Gasteiger partial charge in [0.15, 0.2) is 5.78 Å². The van der Waals surface area contributed by atoms with Gasteiger partial charge >= 0.3 is 0 Å². The first kappa shape index (κ1) is 14.2. The summed E-state index contributed by atoms with van der Waals surface area (Å²) in [6, 6.07) is 7.06. The fraction of sp³-hybridized carbons (Fsp3) is 0.500. The Bertz CT molecular complexity index is 359. The van der Waals surface area contributed by atoms with Crippen molar-refractivity contribution in [3.05, 3.63) is 34.9 Å². The zero-order chi connectivity index (χ0) is 12.8. The molecule has 0 aliphatic rings. The topological polar surface area (TPSA) is 20.3 Å². The molecule has 0 fully saturated rings. The van der Waals surface area contributed by atoms with Gasteiger partial charge in [-0.1, -0.05) is 25.4 Å². The molecule has 0 heterocycles. The number of hydrogen-bond acceptors (Lipinski definition) is 2. The summed E-state index contributed by atoms with van der Waals surface area (Å²) in [6.45, 7) is 5.80. The predicted octanol–water partition coefficient (Wildman–Crippen LogP) is 3.50. The lowest BCUT2D eigenvalue weighted by Crippen LogP contribution is -2.27. The highest BCUT2D eigenvalue weighted by atomic mass is 35.5. The SMILES string of the molecule is CC(C)CCN(C)CC(=O)c1ccc(Cl)cc1. The van der Waals surface area contributed by atoms with Gasteiger partial charge in [-0.25, -0.2) is 0 Å². The molecule has 0 atom stereocenters. The number of likely N-dealkylation sites (N-methyl/N-ethyl adjacent to an activating group) is 1. The lowest BCUT2D eigenvalue weighted by molar-refractivity contribution is 0.0944. The Hall–Kier alpha value is -0.860. The molecule has 0 aliphatic heterocycles. The third kappa shape index (κ3) is 5.33. The van der Waals surface area contributed by atoms with E-state index in [4.69, 9.17) is 11.6 Å². The van der Waals surface area contributed by atoms with Crippen molar-refractivity contribution in [2.24, 2.45) is 5.92 Å². The first-order valence-corrected chi connectivity index (χ1v) is 6.34. The highest BCUT2D eigenvalue weighted by Crippen LogP contribution is 2.10. The summed E-state index contributed by atoms with van der Waals surface area (Å²) in [7, 11) is 1.98. The maximum absolute atomic E-state index is 11.9. The number of rotatable bonds is 6. The van der Waals surface area contributed by atoms with E-state index >= 15 is 0 Å². The Morgan fingerprint density at radius 1 is 1.29 bits per heavy atom. The van der Waals surface area contributed by atoms with Gasteiger partial charge in [-0.2, -0.15) is 0 Å². The number of ketones is 1. The molecule has 2 nitrogen and oxygen atoms in total. The van der Waals surface area contributed by atoms with E-state index < -0.39 is 0 Å². The van der Waals surface area contributed by atoms with Gasteiger partial charge in [0, 0.05) is 10.6 Å². The number of carbonyl (C=O) groups excluding carboxylic acids is 1. The van der Waals surface area contributed by atoms with Crippen LogP contribution in [0.2, 0.25) is 5.02 Å². The maximum atomic E-state index is 11.9. The van der Waals surface area contributed by atoms with Crippen LogP contribution in [0, 0.1) is 5.92 Å². The molecule has 1 rings (SSSR count). The van der Waals surface area contributed by atoms with Gasteiger partial charge < -0.3 is 0 Å². The van der Waals surface area contributed by atoms with Gasteiger partial charge in [0.05, 0.1) is 6.54 Å². The Morgan fingerprint density at radius 2 is 1.88 bits per heavy atom. The normalized spacial score (nSPS) is 11.2. The van der Waals surface area contributed by atoms with Crippen LogP contribution in [0.1, 0.15) is 30.6 Å². The van der Waals surface area contributed by atoms with Crippen LogP contribution >= 0.6 is 11.6 Å². The van der Waals surface area contributed by atoms with Crippen molar-refractivity contribution in [1.82, 2.24) is 4.90 Å². The lowest BCUT2D eigenvalue weighted by Gasteiger charge is -2.16. The van der Waals surface area contributed by atoms with E-state index in [1.165, 1.54) is 0 Å². The lowest BCUT2D eigenvalue weighted by atomic mass is 10.1. The molecule has 0 saturated carbocycles. The molecule has 1 aromatic rings. The second-order valence-corrected chi connectivity index (χ2v) is 5.29. The van der Waals surface area contributed by atoms with Crippen molar-refractivity contribution >= 4 is 17.4 Å². The molecule has 1 aromatic carbocycles. The van der Waals surface area contributed by atoms with Gasteiger partial charge in [-0.3, -0.25) is 9.69 Å². The molecule has 17 heavy (non-hydrogen) atoms. The Labute approximate surface area is 109 Å². The molecule has 0 spiro atoms. The van der Waals surface area contributed by atoms with E-state index in [0.29, 0.717) is 17.5 Å². The quantitative estimate of drug-likeness (QED) is 0.724. The fourth-order valence-electron chi connectivity index (χ4n) is 1.53. The van der Waals surface area contributed by atoms with Crippen molar-refractivity contribution in [1.29, 1.82) is 0 Å². The highest BCUT2D eigenvalue weighted by Gasteiger charge is 2.09. The van der Waals surface area contributed by atoms with E-state index in [1.54, 1.807) is 24.3 Å². The molecule has 0 N–H and O–H groups in total. The predicted molar refractivity (Wildman–Crippen MR) is 72.7 cm³/mol. The van der Waals surface area contributed by atoms with Crippen molar-refractivity contribution in [2.45, 2.75) is 20.3 Å². The molecule has 0 aromatic heterocycles. The molecule has 94 valence electrons. The molecule has 0 aliphatic carbocycles. The summed E-state index contributed by atoms with van der Waals surface area (Å²) in [5, 5.41) is 0.662. The standard InChI is InChI=1S/C14H20ClNO/c1-11(2)8-9-16(3)10-14(17)12-4-6-13(15)7-5-12/h4-7,11H,8-10H2,1-3H3. The van der Waals surface area contributed by atoms with Crippen LogP contribution in [0.15, 0.2) is 24.3 Å². The van der Waals surface area contributed by atoms with E-state index in [9.17, 15) is 4.79 Å². The van der Waals surface area contributed by atoms with Crippen LogP contribution in [0.25, 0.3) is 0 Å². The van der Waals surface area contributed by atoms with Crippen LogP contribution in [0.4, 0.5) is 0 Å². The number of carbonyl (C=O) groups is 1. The van der Waals surface area contributed by atoms with E-state index in [-0.39, 0.29) is 5.78 Å². The van der Waals surface area contributed by atoms with Crippen LogP contribution in [0.5, 0.6) is 0 Å². The van der Waals surface area contributed by atoms with Crippen LogP contribution in [-0.4, -0.2) is 30.8 Å². The van der Waals surface area contributed by atoms with Crippen LogP contribution < -0.4 is 0 Å². The summed E-state index contributed by atoms with van der Waals surface area (Å²) in [4.78, 5) is 14.0. The molecule has 0 unspecified atom stereocenters. The number of benzene rings is 1. The molecule has 3 heteroatoms. The average molecular weight is 254 g/mol. The second-order valence-electron chi connectivity index (χ2n) is 4.85. The fourth-order valence-corrected chi connectivity index (χ4v) is 1.66. The van der Waals surface area contributed by atoms with Crippen molar-refractivity contribution < 1.29 is 4.79 Å². The van der Waals surface area contributed by atoms with E-state index in [0.717, 1.165) is 18.5 Å². The Kier molecular flexibility index (Phi) is 5.66. The first-order chi connectivity index (χ1) is 7.99. The molecular weight excluding hydrogens is 234 g/mol. The third-order valence-electron chi connectivity index (χ3n) is 2.67. The molecule has 0 bridgehead atoms. The Morgan fingerprint density at radius 3 is 2.41 bits per heavy atom. The number of hydrogen-bond donors (Lipinski definition) is 0. The number of halogens is 1. The smallest absolute Gasteiger partial charge is 0.176 e. The summed E-state index contributed by atoms with van der Waals surface area (Å²) >= 11 is 5.78. The van der Waals surface area contributed by atoms with Crippen molar-refractivity contribution in [3.8, 4) is 0 Å². The summed E-state index contributed by atoms with van der Waals surface area (Å²) < 4.78 is 0. The monoisotopic (exact) mass is 253 g/mol. The molecule has 0 saturated heterocycles. The van der Waals surface area contributed by atoms with Gasteiger partial charge in [-0.05, 0) is 50.2 Å². The van der Waals surface area contributed by atoms with E-state index in [1.807, 2.05) is 7.05 Å². The van der Waals surface area contributed by atoms with Crippen molar-refractivity contribution in [2.75, 3.05) is 20.1 Å². The highest BCUT2D eigenvalue weighted by molar-refractivity contribution is 6.30. The second kappa shape index (κ2) is 6.77. The Balaban J connectivity index is 2.46. The first-order valence-electron chi connectivity index (χ1n) is 5.96. The minimum Gasteiger partial charge on any atom is -0.299 e. The number of nitrogens with zero attached hydrogens (tertiary/aromatic N) is 1. The maximum Gasteiger partial charge on any atom is 0.176 e.